The van der Waals surface area contributed by atoms with E-state index in [0.29, 0.717) is 35.1 Å². The maximum absolute atomic E-state index is 13.2. The van der Waals surface area contributed by atoms with Gasteiger partial charge < -0.3 is 14.3 Å². The number of aliphatic hydroxyl groups is 1. The molecule has 1 unspecified atom stereocenters. The molecule has 4 rings (SSSR count). The zero-order valence-electron chi connectivity index (χ0n) is 18.5. The zero-order chi connectivity index (χ0) is 23.0. The van der Waals surface area contributed by atoms with Gasteiger partial charge in [0.15, 0.2) is 0 Å². The van der Waals surface area contributed by atoms with Crippen LogP contribution in [0.15, 0.2) is 64.6 Å². The van der Waals surface area contributed by atoms with Crippen molar-refractivity contribution in [3.8, 4) is 5.75 Å². The molecule has 1 aliphatic rings. The Balaban J connectivity index is 1.91. The van der Waals surface area contributed by atoms with Crippen molar-refractivity contribution < 1.29 is 23.8 Å². The number of ketones is 1. The number of carbonyl (C=O) groups excluding carboxylic acids is 2. The number of hydrogen-bond acceptors (Lipinski definition) is 5. The van der Waals surface area contributed by atoms with Crippen LogP contribution in [0.5, 0.6) is 5.75 Å². The van der Waals surface area contributed by atoms with Crippen LogP contribution < -0.4 is 9.64 Å². The van der Waals surface area contributed by atoms with E-state index in [4.69, 9.17) is 9.15 Å². The SMILES string of the molecule is CCOc1ccc(/C(O)=C2/C(=O)C(=O)N(c3cccc(C)c3C)C2c2ccc(C)o2)cc1. The molecular formula is C26H25NO5. The molecule has 0 radical (unpaired) electrons. The van der Waals surface area contributed by atoms with Crippen molar-refractivity contribution in [3.63, 3.8) is 0 Å². The van der Waals surface area contributed by atoms with Crippen LogP contribution in [0, 0.1) is 20.8 Å². The lowest BCUT2D eigenvalue weighted by molar-refractivity contribution is -0.132. The first kappa shape index (κ1) is 21.4. The van der Waals surface area contributed by atoms with Crippen LogP contribution >= 0.6 is 0 Å². The van der Waals surface area contributed by atoms with Gasteiger partial charge >= 0.3 is 0 Å². The normalized spacial score (nSPS) is 17.8. The molecule has 2 aromatic carbocycles. The van der Waals surface area contributed by atoms with Crippen molar-refractivity contribution in [2.24, 2.45) is 0 Å². The summed E-state index contributed by atoms with van der Waals surface area (Å²) in [4.78, 5) is 27.8. The summed E-state index contributed by atoms with van der Waals surface area (Å²) < 4.78 is 11.3. The molecule has 2 heterocycles. The summed E-state index contributed by atoms with van der Waals surface area (Å²) in [5.41, 5.74) is 2.89. The van der Waals surface area contributed by atoms with Crippen LogP contribution in [0.3, 0.4) is 0 Å². The second-order valence-corrected chi connectivity index (χ2v) is 7.79. The van der Waals surface area contributed by atoms with Crippen LogP contribution in [-0.2, 0) is 9.59 Å². The Labute approximate surface area is 186 Å². The summed E-state index contributed by atoms with van der Waals surface area (Å²) >= 11 is 0. The molecule has 6 heteroatoms. The Kier molecular flexibility index (Phi) is 5.61. The second-order valence-electron chi connectivity index (χ2n) is 7.79. The van der Waals surface area contributed by atoms with Gasteiger partial charge in [0.05, 0.1) is 12.2 Å². The first-order valence-corrected chi connectivity index (χ1v) is 10.5. The van der Waals surface area contributed by atoms with Crippen molar-refractivity contribution in [2.45, 2.75) is 33.7 Å². The van der Waals surface area contributed by atoms with E-state index >= 15 is 0 Å². The Morgan fingerprint density at radius 1 is 1.03 bits per heavy atom. The van der Waals surface area contributed by atoms with Gasteiger partial charge in [-0.25, -0.2) is 0 Å². The van der Waals surface area contributed by atoms with E-state index < -0.39 is 17.7 Å². The minimum absolute atomic E-state index is 0.00517. The molecule has 1 saturated heterocycles. The van der Waals surface area contributed by atoms with Gasteiger partial charge in [-0.2, -0.15) is 0 Å². The summed E-state index contributed by atoms with van der Waals surface area (Å²) in [5.74, 6) is 0.000601. The van der Waals surface area contributed by atoms with Gasteiger partial charge in [0.1, 0.15) is 29.1 Å². The molecule has 1 atom stereocenters. The molecule has 0 saturated carbocycles. The molecule has 1 aliphatic heterocycles. The number of furan rings is 1. The monoisotopic (exact) mass is 431 g/mol. The van der Waals surface area contributed by atoms with Gasteiger partial charge in [-0.1, -0.05) is 12.1 Å². The minimum atomic E-state index is -0.879. The molecule has 1 N–H and O–H groups in total. The average Bonchev–Trinajstić information content (AvgIpc) is 3.31. The first-order valence-electron chi connectivity index (χ1n) is 10.5. The van der Waals surface area contributed by atoms with Gasteiger partial charge in [-0.3, -0.25) is 14.5 Å². The molecule has 32 heavy (non-hydrogen) atoms. The van der Waals surface area contributed by atoms with Gasteiger partial charge in [0, 0.05) is 11.3 Å². The van der Waals surface area contributed by atoms with E-state index in [2.05, 4.69) is 0 Å². The molecule has 0 spiro atoms. The fraction of sp³-hybridized carbons (Fsp3) is 0.231. The molecule has 164 valence electrons. The lowest BCUT2D eigenvalue weighted by Crippen LogP contribution is -2.30. The molecule has 0 bridgehead atoms. The summed E-state index contributed by atoms with van der Waals surface area (Å²) in [6.45, 7) is 8.04. The maximum Gasteiger partial charge on any atom is 0.300 e. The molecular weight excluding hydrogens is 406 g/mol. The van der Waals surface area contributed by atoms with Crippen molar-refractivity contribution in [2.75, 3.05) is 11.5 Å². The van der Waals surface area contributed by atoms with E-state index in [9.17, 15) is 14.7 Å². The molecule has 1 amide bonds. The van der Waals surface area contributed by atoms with Gasteiger partial charge in [-0.15, -0.1) is 0 Å². The largest absolute Gasteiger partial charge is 0.507 e. The number of hydrogen-bond donors (Lipinski definition) is 1. The number of ether oxygens (including phenoxy) is 1. The third-order valence-electron chi connectivity index (χ3n) is 5.75. The maximum atomic E-state index is 13.2. The molecule has 1 fully saturated rings. The van der Waals surface area contributed by atoms with Crippen LogP contribution in [-0.4, -0.2) is 23.4 Å². The highest BCUT2D eigenvalue weighted by Crippen LogP contribution is 2.44. The number of anilines is 1. The number of benzene rings is 2. The number of carbonyl (C=O) groups is 2. The van der Waals surface area contributed by atoms with E-state index in [1.807, 2.05) is 32.9 Å². The van der Waals surface area contributed by atoms with Crippen molar-refractivity contribution in [1.29, 1.82) is 0 Å². The molecule has 1 aromatic heterocycles. The Morgan fingerprint density at radius 3 is 2.38 bits per heavy atom. The zero-order valence-corrected chi connectivity index (χ0v) is 18.5. The summed E-state index contributed by atoms with van der Waals surface area (Å²) in [6, 6.07) is 15.0. The smallest absolute Gasteiger partial charge is 0.300 e. The standard InChI is InChI=1S/C26H25NO5/c1-5-31-19-12-10-18(11-13-19)24(28)22-23(21-14-9-16(3)32-21)27(26(30)25(22)29)20-8-6-7-15(2)17(20)4/h6-14,23,28H,5H2,1-4H3/b24-22-. The van der Waals surface area contributed by atoms with Gasteiger partial charge in [0.25, 0.3) is 11.7 Å². The number of aliphatic hydroxyl groups excluding tert-OH is 1. The minimum Gasteiger partial charge on any atom is -0.507 e. The summed E-state index contributed by atoms with van der Waals surface area (Å²) in [7, 11) is 0. The van der Waals surface area contributed by atoms with Crippen LogP contribution in [0.2, 0.25) is 0 Å². The lowest BCUT2D eigenvalue weighted by atomic mass is 9.98. The Bertz CT molecular complexity index is 1220. The third-order valence-corrected chi connectivity index (χ3v) is 5.75. The van der Waals surface area contributed by atoms with Crippen molar-refractivity contribution >= 4 is 23.1 Å². The van der Waals surface area contributed by atoms with Gasteiger partial charge in [0.2, 0.25) is 0 Å². The van der Waals surface area contributed by atoms with Crippen LogP contribution in [0.1, 0.15) is 41.2 Å². The van der Waals surface area contributed by atoms with Crippen molar-refractivity contribution in [1.82, 2.24) is 0 Å². The average molecular weight is 431 g/mol. The number of Topliss-reactive ketones (excluding diaryl/α,β-unsaturated/α-hetero) is 1. The summed E-state index contributed by atoms with van der Waals surface area (Å²) in [6.07, 6.45) is 0. The van der Waals surface area contributed by atoms with E-state index in [0.717, 1.165) is 11.1 Å². The fourth-order valence-corrected chi connectivity index (χ4v) is 3.98. The topological polar surface area (TPSA) is 80.0 Å². The van der Waals surface area contributed by atoms with E-state index in [1.165, 1.54) is 4.90 Å². The highest BCUT2D eigenvalue weighted by Gasteiger charge is 2.48. The lowest BCUT2D eigenvalue weighted by Gasteiger charge is -2.25. The summed E-state index contributed by atoms with van der Waals surface area (Å²) in [5, 5.41) is 11.2. The second kappa shape index (κ2) is 8.38. The van der Waals surface area contributed by atoms with Gasteiger partial charge in [-0.05, 0) is 81.3 Å². The molecule has 3 aromatic rings. The van der Waals surface area contributed by atoms with Crippen molar-refractivity contribution in [3.05, 3.63) is 88.4 Å². The first-order chi connectivity index (χ1) is 15.3. The highest BCUT2D eigenvalue weighted by atomic mass is 16.5. The molecule has 6 nitrogen and oxygen atoms in total. The predicted molar refractivity (Wildman–Crippen MR) is 122 cm³/mol. The Morgan fingerprint density at radius 2 is 1.75 bits per heavy atom. The number of amides is 1. The number of aryl methyl sites for hydroxylation is 2. The third kappa shape index (κ3) is 3.58. The quantitative estimate of drug-likeness (QED) is 0.340. The van der Waals surface area contributed by atoms with Crippen LogP contribution in [0.4, 0.5) is 5.69 Å². The highest BCUT2D eigenvalue weighted by molar-refractivity contribution is 6.51. The van der Waals surface area contributed by atoms with E-state index in [-0.39, 0.29) is 11.3 Å². The van der Waals surface area contributed by atoms with Crippen LogP contribution in [0.25, 0.3) is 5.76 Å². The predicted octanol–water partition coefficient (Wildman–Crippen LogP) is 5.23. The fourth-order valence-electron chi connectivity index (χ4n) is 3.98. The number of nitrogens with zero attached hydrogens (tertiary/aromatic N) is 1. The molecule has 0 aliphatic carbocycles. The number of rotatable bonds is 5. The Hall–Kier alpha value is -3.80. The van der Waals surface area contributed by atoms with E-state index in [1.54, 1.807) is 49.4 Å².